The predicted molar refractivity (Wildman–Crippen MR) is 151 cm³/mol. The number of hydrogen-bond acceptors (Lipinski definition) is 7. The number of carbonyl (C=O) groups excluding carboxylic acids is 4. The molecule has 0 aromatic heterocycles. The van der Waals surface area contributed by atoms with Crippen molar-refractivity contribution >= 4 is 38.3 Å². The van der Waals surface area contributed by atoms with Crippen molar-refractivity contribution in [2.45, 2.75) is 64.4 Å². The molecule has 0 aromatic carbocycles. The molecule has 4 amide bonds. The summed E-state index contributed by atoms with van der Waals surface area (Å²) in [5, 5.41) is 2.34. The Balaban J connectivity index is 1.82. The number of nitrogens with two attached hydrogens (primary N) is 1. The van der Waals surface area contributed by atoms with Gasteiger partial charge in [-0.1, -0.05) is 46.1 Å². The second kappa shape index (κ2) is 12.0. The van der Waals surface area contributed by atoms with E-state index in [1.54, 1.807) is 0 Å². The van der Waals surface area contributed by atoms with E-state index in [9.17, 15) is 19.2 Å². The molecule has 0 bridgehead atoms. The highest BCUT2D eigenvalue weighted by atomic mass is 28.4. The predicted octanol–water partition coefficient (Wildman–Crippen LogP) is 2.89. The molecule has 3 heterocycles. The number of nitrogens with zero attached hydrogens (tertiary/aromatic N) is 3. The quantitative estimate of drug-likeness (QED) is 0.112. The fourth-order valence-electron chi connectivity index (χ4n) is 5.15. The molecule has 0 unspecified atom stereocenters. The maximum atomic E-state index is 13.5. The van der Waals surface area contributed by atoms with Crippen molar-refractivity contribution in [2.75, 3.05) is 26.3 Å². The summed E-state index contributed by atoms with van der Waals surface area (Å²) in [5.74, 6) is -1.80. The minimum atomic E-state index is -2.16. The Morgan fingerprint density at radius 1 is 1.20 bits per heavy atom. The van der Waals surface area contributed by atoms with Gasteiger partial charge in [-0.25, -0.2) is 14.4 Å². The second-order valence-electron chi connectivity index (χ2n) is 11.7. The van der Waals surface area contributed by atoms with Gasteiger partial charge in [0, 0.05) is 19.0 Å². The van der Waals surface area contributed by atoms with Gasteiger partial charge >= 0.3 is 18.1 Å². The summed E-state index contributed by atoms with van der Waals surface area (Å²) in [5.41, 5.74) is 6.52. The summed E-state index contributed by atoms with van der Waals surface area (Å²) < 4.78 is 16.7. The van der Waals surface area contributed by atoms with Gasteiger partial charge in [0.05, 0.1) is 18.1 Å². The molecule has 12 nitrogen and oxygen atoms in total. The van der Waals surface area contributed by atoms with Crippen molar-refractivity contribution in [1.29, 1.82) is 0 Å². The van der Waals surface area contributed by atoms with E-state index in [1.165, 1.54) is 22.0 Å². The molecule has 220 valence electrons. The van der Waals surface area contributed by atoms with E-state index in [1.807, 2.05) is 6.92 Å². The SMILES string of the molecule is C=CCOC(=O)/N=C(\N)NC(=O)N1CC[C@H]2C(=C(C(=O)OCC=C)N3C(=O)[C@H]([C@@H](C)O[Si](C)(C)C(C)(C)C)[C@@H]23)C1. The van der Waals surface area contributed by atoms with Crippen LogP contribution in [-0.2, 0) is 23.5 Å². The van der Waals surface area contributed by atoms with E-state index in [2.05, 4.69) is 57.3 Å². The molecule has 40 heavy (non-hydrogen) atoms. The highest BCUT2D eigenvalue weighted by Gasteiger charge is 2.62. The Bertz CT molecular complexity index is 1140. The fraction of sp³-hybridized carbons (Fsp3) is 0.593. The monoisotopic (exact) mass is 575 g/mol. The molecule has 0 saturated carbocycles. The lowest BCUT2D eigenvalue weighted by atomic mass is 9.74. The highest BCUT2D eigenvalue weighted by Crippen LogP contribution is 2.51. The van der Waals surface area contributed by atoms with Gasteiger partial charge in [-0.3, -0.25) is 10.1 Å². The summed E-state index contributed by atoms with van der Waals surface area (Å²) in [6.07, 6.45) is 2.03. The molecule has 3 aliphatic heterocycles. The third-order valence-corrected chi connectivity index (χ3v) is 12.6. The summed E-state index contributed by atoms with van der Waals surface area (Å²) in [4.78, 5) is 57.7. The van der Waals surface area contributed by atoms with E-state index in [0.29, 0.717) is 18.5 Å². The van der Waals surface area contributed by atoms with E-state index in [0.717, 1.165) is 0 Å². The zero-order valence-corrected chi connectivity index (χ0v) is 25.2. The average molecular weight is 576 g/mol. The van der Waals surface area contributed by atoms with E-state index >= 15 is 0 Å². The largest absolute Gasteiger partial charge is 0.457 e. The number of guanidine groups is 1. The molecule has 13 heteroatoms. The van der Waals surface area contributed by atoms with E-state index in [4.69, 9.17) is 19.6 Å². The van der Waals surface area contributed by atoms with Crippen molar-refractivity contribution in [3.63, 3.8) is 0 Å². The first-order valence-electron chi connectivity index (χ1n) is 13.3. The minimum Gasteiger partial charge on any atom is -0.457 e. The average Bonchev–Trinajstić information content (AvgIpc) is 3.14. The van der Waals surface area contributed by atoms with E-state index in [-0.39, 0.29) is 54.5 Å². The number of ether oxygens (including phenoxy) is 2. The molecule has 3 N–H and O–H groups in total. The molecular formula is C27H41N5O7Si. The Kier molecular flexibility index (Phi) is 9.30. The molecule has 0 spiro atoms. The molecule has 2 saturated heterocycles. The van der Waals surface area contributed by atoms with Gasteiger partial charge in [0.2, 0.25) is 11.9 Å². The molecule has 2 fully saturated rings. The zero-order chi connectivity index (χ0) is 30.0. The standard InChI is InChI=1S/C27H41N5O7Si/c1-9-13-37-23(34)21-18-15-31(25(35)29-24(28)30-26(36)38-14-10-2)12-11-17(18)20-19(22(33)32(20)21)16(3)39-40(7,8)27(4,5)6/h9-10,16-17,19-20H,1-2,11-15H2,3-8H3,(H3,28,29,30,35,36)/t16-,17+,19-,20-/m1/s1. The number of aliphatic imine (C=N–C) groups is 1. The maximum Gasteiger partial charge on any atom is 0.437 e. The van der Waals surface area contributed by atoms with Crippen molar-refractivity contribution < 1.29 is 33.1 Å². The summed E-state index contributed by atoms with van der Waals surface area (Å²) in [6, 6.07) is -0.862. The van der Waals surface area contributed by atoms with Gasteiger partial charge in [0.1, 0.15) is 18.9 Å². The lowest BCUT2D eigenvalue weighted by Gasteiger charge is -2.51. The van der Waals surface area contributed by atoms with Crippen LogP contribution >= 0.6 is 0 Å². The molecule has 0 radical (unpaired) electrons. The van der Waals surface area contributed by atoms with Crippen LogP contribution in [0.25, 0.3) is 0 Å². The van der Waals surface area contributed by atoms with Crippen molar-refractivity contribution in [2.24, 2.45) is 22.6 Å². The number of amides is 4. The zero-order valence-electron chi connectivity index (χ0n) is 24.2. The Hall–Kier alpha value is -3.45. The van der Waals surface area contributed by atoms with Crippen molar-refractivity contribution in [1.82, 2.24) is 15.1 Å². The Morgan fingerprint density at radius 3 is 2.42 bits per heavy atom. The van der Waals surface area contributed by atoms with Crippen LogP contribution in [0.1, 0.15) is 34.1 Å². The van der Waals surface area contributed by atoms with Crippen LogP contribution in [0, 0.1) is 11.8 Å². The third-order valence-electron chi connectivity index (χ3n) is 8.04. The van der Waals surface area contributed by atoms with Crippen LogP contribution < -0.4 is 11.1 Å². The van der Waals surface area contributed by atoms with Crippen molar-refractivity contribution in [3.05, 3.63) is 36.6 Å². The number of hydrogen-bond donors (Lipinski definition) is 2. The lowest BCUT2D eigenvalue weighted by molar-refractivity contribution is -0.163. The molecule has 4 atom stereocenters. The Morgan fingerprint density at radius 2 is 1.82 bits per heavy atom. The number of esters is 1. The molecule has 3 rings (SSSR count). The van der Waals surface area contributed by atoms with Crippen LogP contribution in [0.15, 0.2) is 41.6 Å². The Labute approximate surface area is 236 Å². The van der Waals surface area contributed by atoms with Gasteiger partial charge < -0.3 is 29.4 Å². The molecular weight excluding hydrogens is 534 g/mol. The first-order valence-corrected chi connectivity index (χ1v) is 16.2. The summed E-state index contributed by atoms with van der Waals surface area (Å²) >= 11 is 0. The number of nitrogens with one attached hydrogen (secondary N) is 1. The number of fused-ring (bicyclic) bond motifs is 3. The second-order valence-corrected chi connectivity index (χ2v) is 16.4. The number of carbonyl (C=O) groups is 4. The maximum absolute atomic E-state index is 13.5. The summed E-state index contributed by atoms with van der Waals surface area (Å²) in [7, 11) is -2.16. The lowest BCUT2D eigenvalue weighted by Crippen LogP contribution is -2.65. The molecule has 3 aliphatic rings. The topological polar surface area (TPSA) is 153 Å². The third kappa shape index (κ3) is 6.14. The molecule has 0 aliphatic carbocycles. The first-order chi connectivity index (χ1) is 18.6. The van der Waals surface area contributed by atoms with Gasteiger partial charge in [0.25, 0.3) is 0 Å². The smallest absolute Gasteiger partial charge is 0.437 e. The van der Waals surface area contributed by atoms with E-state index < -0.39 is 38.3 Å². The summed E-state index contributed by atoms with van der Waals surface area (Å²) in [6.45, 7) is 20.0. The van der Waals surface area contributed by atoms with Gasteiger partial charge in [-0.05, 0) is 37.0 Å². The number of urea groups is 1. The van der Waals surface area contributed by atoms with Crippen LogP contribution in [0.2, 0.25) is 18.1 Å². The van der Waals surface area contributed by atoms with Crippen LogP contribution in [0.5, 0.6) is 0 Å². The number of β-lactam (4-membered cyclic amide) rings is 1. The van der Waals surface area contributed by atoms with Crippen molar-refractivity contribution in [3.8, 4) is 0 Å². The number of piperidine rings is 1. The van der Waals surface area contributed by atoms with Crippen LogP contribution in [0.4, 0.5) is 9.59 Å². The van der Waals surface area contributed by atoms with Gasteiger partial charge in [-0.2, -0.15) is 0 Å². The minimum absolute atomic E-state index is 0.0134. The highest BCUT2D eigenvalue weighted by molar-refractivity contribution is 6.74. The van der Waals surface area contributed by atoms with Gasteiger partial charge in [-0.15, -0.1) is 4.99 Å². The molecule has 0 aromatic rings. The first kappa shape index (κ1) is 31.1. The fourth-order valence-corrected chi connectivity index (χ4v) is 6.58. The van der Waals surface area contributed by atoms with Gasteiger partial charge in [0.15, 0.2) is 8.32 Å². The van der Waals surface area contributed by atoms with Crippen LogP contribution in [-0.4, -0.2) is 86.5 Å². The number of rotatable bonds is 8. The normalized spacial score (nSPS) is 23.5. The van der Waals surface area contributed by atoms with Crippen LogP contribution in [0.3, 0.4) is 0 Å². The number of likely N-dealkylation sites (tertiary alicyclic amines) is 1.